The Kier molecular flexibility index (Phi) is 3.57. The Hall–Kier alpha value is 0.100. The predicted octanol–water partition coefficient (Wildman–Crippen LogP) is 3.18. The number of halogens is 1. The van der Waals surface area contributed by atoms with Gasteiger partial charge in [-0.05, 0) is 53.2 Å². The maximum absolute atomic E-state index is 3.67. The molecule has 0 bridgehead atoms. The van der Waals surface area contributed by atoms with Gasteiger partial charge in [0.2, 0.25) is 0 Å². The Bertz CT molecular complexity index is 375. The smallest absolute Gasteiger partial charge is 0.0731 e. The SMILES string of the molecule is Cc1cc([C@H](C2CC2)N2CCNCC2)sc1Br. The average Bonchev–Trinajstić information content (AvgIpc) is 3.09. The molecule has 1 aliphatic heterocycles. The molecule has 3 rings (SSSR count). The number of nitrogens with one attached hydrogen (secondary N) is 1. The molecule has 17 heavy (non-hydrogen) atoms. The van der Waals surface area contributed by atoms with Crippen LogP contribution < -0.4 is 5.32 Å². The van der Waals surface area contributed by atoms with E-state index < -0.39 is 0 Å². The third-order valence-corrected chi connectivity index (χ3v) is 5.99. The Labute approximate surface area is 116 Å². The first-order valence-electron chi connectivity index (χ1n) is 6.46. The summed E-state index contributed by atoms with van der Waals surface area (Å²) in [6, 6.07) is 3.08. The fraction of sp³-hybridized carbons (Fsp3) is 0.692. The number of thiophene rings is 1. The number of aryl methyl sites for hydroxylation is 1. The van der Waals surface area contributed by atoms with Crippen molar-refractivity contribution >= 4 is 27.3 Å². The van der Waals surface area contributed by atoms with Crippen LogP contribution in [0.4, 0.5) is 0 Å². The van der Waals surface area contributed by atoms with E-state index in [-0.39, 0.29) is 0 Å². The van der Waals surface area contributed by atoms with E-state index in [1.54, 1.807) is 4.88 Å². The van der Waals surface area contributed by atoms with Crippen molar-refractivity contribution in [1.82, 2.24) is 10.2 Å². The van der Waals surface area contributed by atoms with Crippen molar-refractivity contribution in [2.24, 2.45) is 5.92 Å². The van der Waals surface area contributed by atoms with Gasteiger partial charge in [-0.25, -0.2) is 0 Å². The zero-order chi connectivity index (χ0) is 11.8. The van der Waals surface area contributed by atoms with Crippen molar-refractivity contribution in [1.29, 1.82) is 0 Å². The molecule has 0 radical (unpaired) electrons. The normalized spacial score (nSPS) is 23.9. The van der Waals surface area contributed by atoms with Gasteiger partial charge >= 0.3 is 0 Å². The van der Waals surface area contributed by atoms with Crippen molar-refractivity contribution < 1.29 is 0 Å². The van der Waals surface area contributed by atoms with Crippen LogP contribution in [0, 0.1) is 12.8 Å². The summed E-state index contributed by atoms with van der Waals surface area (Å²) >= 11 is 5.60. The number of hydrogen-bond acceptors (Lipinski definition) is 3. The molecule has 1 atom stereocenters. The molecule has 1 saturated heterocycles. The van der Waals surface area contributed by atoms with Gasteiger partial charge in [-0.1, -0.05) is 0 Å². The molecule has 1 saturated carbocycles. The van der Waals surface area contributed by atoms with E-state index in [0.717, 1.165) is 19.0 Å². The summed E-state index contributed by atoms with van der Waals surface area (Å²) in [5.74, 6) is 0.915. The first kappa shape index (κ1) is 12.2. The lowest BCUT2D eigenvalue weighted by molar-refractivity contribution is 0.158. The topological polar surface area (TPSA) is 15.3 Å². The molecule has 0 aromatic carbocycles. The average molecular weight is 315 g/mol. The third kappa shape index (κ3) is 2.60. The molecule has 2 aliphatic rings. The van der Waals surface area contributed by atoms with E-state index >= 15 is 0 Å². The van der Waals surface area contributed by atoms with E-state index in [2.05, 4.69) is 39.1 Å². The highest BCUT2D eigenvalue weighted by Gasteiger charge is 2.37. The summed E-state index contributed by atoms with van der Waals surface area (Å²) in [6.45, 7) is 6.90. The van der Waals surface area contributed by atoms with Crippen LogP contribution in [0.2, 0.25) is 0 Å². The van der Waals surface area contributed by atoms with E-state index in [4.69, 9.17) is 0 Å². The van der Waals surface area contributed by atoms with Gasteiger partial charge in [-0.2, -0.15) is 0 Å². The number of piperazine rings is 1. The van der Waals surface area contributed by atoms with Gasteiger partial charge in [0, 0.05) is 37.1 Å². The van der Waals surface area contributed by atoms with Gasteiger partial charge in [0.15, 0.2) is 0 Å². The Morgan fingerprint density at radius 3 is 2.65 bits per heavy atom. The lowest BCUT2D eigenvalue weighted by Crippen LogP contribution is -2.45. The van der Waals surface area contributed by atoms with E-state index in [1.165, 1.54) is 35.3 Å². The lowest BCUT2D eigenvalue weighted by Gasteiger charge is -2.34. The molecule has 1 aromatic heterocycles. The van der Waals surface area contributed by atoms with Gasteiger partial charge in [0.05, 0.1) is 3.79 Å². The Balaban J connectivity index is 1.83. The highest BCUT2D eigenvalue weighted by molar-refractivity contribution is 9.11. The molecular formula is C13H19BrN2S. The highest BCUT2D eigenvalue weighted by atomic mass is 79.9. The van der Waals surface area contributed by atoms with Crippen LogP contribution in [0.5, 0.6) is 0 Å². The van der Waals surface area contributed by atoms with Crippen LogP contribution in [0.15, 0.2) is 9.85 Å². The molecule has 2 nitrogen and oxygen atoms in total. The van der Waals surface area contributed by atoms with Crippen LogP contribution >= 0.6 is 27.3 Å². The van der Waals surface area contributed by atoms with Gasteiger partial charge in [-0.15, -0.1) is 11.3 Å². The van der Waals surface area contributed by atoms with Crippen LogP contribution in [0.25, 0.3) is 0 Å². The molecule has 0 unspecified atom stereocenters. The highest BCUT2D eigenvalue weighted by Crippen LogP contribution is 2.47. The minimum Gasteiger partial charge on any atom is -0.314 e. The second kappa shape index (κ2) is 5.00. The number of hydrogen-bond donors (Lipinski definition) is 1. The van der Waals surface area contributed by atoms with Crippen molar-refractivity contribution in [2.45, 2.75) is 25.8 Å². The van der Waals surface area contributed by atoms with Crippen molar-refractivity contribution in [2.75, 3.05) is 26.2 Å². The minimum absolute atomic E-state index is 0.687. The summed E-state index contributed by atoms with van der Waals surface area (Å²) in [5.41, 5.74) is 1.39. The number of rotatable bonds is 3. The largest absolute Gasteiger partial charge is 0.314 e. The van der Waals surface area contributed by atoms with Crippen molar-refractivity contribution in [3.05, 3.63) is 20.3 Å². The number of nitrogens with zero attached hydrogens (tertiary/aromatic N) is 1. The Morgan fingerprint density at radius 2 is 2.12 bits per heavy atom. The second-order valence-electron chi connectivity index (χ2n) is 5.17. The predicted molar refractivity (Wildman–Crippen MR) is 76.7 cm³/mol. The summed E-state index contributed by atoms with van der Waals surface area (Å²) in [5, 5.41) is 3.45. The van der Waals surface area contributed by atoms with E-state index in [9.17, 15) is 0 Å². The third-order valence-electron chi connectivity index (χ3n) is 3.78. The van der Waals surface area contributed by atoms with Crippen LogP contribution in [0.3, 0.4) is 0 Å². The van der Waals surface area contributed by atoms with Crippen LogP contribution in [-0.2, 0) is 0 Å². The van der Waals surface area contributed by atoms with Crippen LogP contribution in [-0.4, -0.2) is 31.1 Å². The molecule has 1 aromatic rings. The molecule has 4 heteroatoms. The zero-order valence-electron chi connectivity index (χ0n) is 10.2. The minimum atomic E-state index is 0.687. The van der Waals surface area contributed by atoms with Gasteiger partial charge < -0.3 is 5.32 Å². The maximum atomic E-state index is 3.67. The fourth-order valence-corrected chi connectivity index (χ4v) is 4.51. The summed E-state index contributed by atoms with van der Waals surface area (Å²) in [4.78, 5) is 4.25. The van der Waals surface area contributed by atoms with Crippen molar-refractivity contribution in [3.8, 4) is 0 Å². The quantitative estimate of drug-likeness (QED) is 0.922. The monoisotopic (exact) mass is 314 g/mol. The lowest BCUT2D eigenvalue weighted by atomic mass is 10.1. The summed E-state index contributed by atoms with van der Waals surface area (Å²) in [7, 11) is 0. The molecule has 0 amide bonds. The first-order valence-corrected chi connectivity index (χ1v) is 8.07. The molecule has 2 heterocycles. The second-order valence-corrected chi connectivity index (χ2v) is 7.58. The van der Waals surface area contributed by atoms with E-state index in [1.807, 2.05) is 11.3 Å². The zero-order valence-corrected chi connectivity index (χ0v) is 12.6. The Morgan fingerprint density at radius 1 is 1.41 bits per heavy atom. The maximum Gasteiger partial charge on any atom is 0.0731 e. The molecule has 2 fully saturated rings. The molecule has 94 valence electrons. The standard InChI is InChI=1S/C13H19BrN2S/c1-9-8-11(17-13(9)14)12(10-2-3-10)16-6-4-15-5-7-16/h8,10,12,15H,2-7H2,1H3/t12-/m0/s1. The molecule has 1 aliphatic carbocycles. The van der Waals surface area contributed by atoms with Gasteiger partial charge in [0.1, 0.15) is 0 Å². The van der Waals surface area contributed by atoms with E-state index in [0.29, 0.717) is 6.04 Å². The first-order chi connectivity index (χ1) is 8.25. The molecular weight excluding hydrogens is 296 g/mol. The van der Waals surface area contributed by atoms with Crippen molar-refractivity contribution in [3.63, 3.8) is 0 Å². The summed E-state index contributed by atoms with van der Waals surface area (Å²) < 4.78 is 1.31. The summed E-state index contributed by atoms with van der Waals surface area (Å²) in [6.07, 6.45) is 2.84. The molecule has 0 spiro atoms. The fourth-order valence-electron chi connectivity index (χ4n) is 2.71. The molecule has 1 N–H and O–H groups in total. The van der Waals surface area contributed by atoms with Crippen LogP contribution in [0.1, 0.15) is 29.3 Å². The van der Waals surface area contributed by atoms with Gasteiger partial charge in [0.25, 0.3) is 0 Å². The van der Waals surface area contributed by atoms with Gasteiger partial charge in [-0.3, -0.25) is 4.90 Å².